The summed E-state index contributed by atoms with van der Waals surface area (Å²) >= 11 is 0. The number of aliphatic carboxylic acids is 1. The molecule has 3 rings (SSSR count). The lowest BCUT2D eigenvalue weighted by atomic mass is 9.85. The molecule has 6 heteroatoms. The molecule has 1 aromatic carbocycles. The SMILES string of the molecule is COC(=O)C1Cc2c([nH]c3ccccc23)C(C)(C(=O)O)N1. The monoisotopic (exact) mass is 288 g/mol. The number of para-hydroxylation sites is 1. The molecule has 6 nitrogen and oxygen atoms in total. The highest BCUT2D eigenvalue weighted by Crippen LogP contribution is 2.35. The van der Waals surface area contributed by atoms with E-state index < -0.39 is 23.5 Å². The Hall–Kier alpha value is -2.34. The first kappa shape index (κ1) is 13.6. The number of nitrogens with one attached hydrogen (secondary N) is 2. The van der Waals surface area contributed by atoms with E-state index in [4.69, 9.17) is 4.74 Å². The van der Waals surface area contributed by atoms with Crippen LogP contribution in [-0.4, -0.2) is 35.2 Å². The number of ether oxygens (including phenoxy) is 1. The van der Waals surface area contributed by atoms with Crippen LogP contribution < -0.4 is 5.32 Å². The molecule has 0 saturated carbocycles. The van der Waals surface area contributed by atoms with Gasteiger partial charge in [0.05, 0.1) is 12.8 Å². The van der Waals surface area contributed by atoms with Gasteiger partial charge in [0.25, 0.3) is 0 Å². The molecule has 3 N–H and O–H groups in total. The number of aromatic nitrogens is 1. The maximum Gasteiger partial charge on any atom is 0.329 e. The van der Waals surface area contributed by atoms with Crippen LogP contribution in [0.25, 0.3) is 10.9 Å². The van der Waals surface area contributed by atoms with Crippen LogP contribution in [0.2, 0.25) is 0 Å². The molecule has 1 aliphatic heterocycles. The number of hydrogen-bond donors (Lipinski definition) is 3. The van der Waals surface area contributed by atoms with Gasteiger partial charge in [-0.1, -0.05) is 18.2 Å². The van der Waals surface area contributed by atoms with Gasteiger partial charge in [0, 0.05) is 17.3 Å². The number of hydrogen-bond acceptors (Lipinski definition) is 4. The quantitative estimate of drug-likeness (QED) is 0.721. The third-order valence-corrected chi connectivity index (χ3v) is 4.10. The molecule has 21 heavy (non-hydrogen) atoms. The number of aromatic amines is 1. The number of esters is 1. The fourth-order valence-corrected chi connectivity index (χ4v) is 2.97. The fraction of sp³-hybridized carbons (Fsp3) is 0.333. The molecular weight excluding hydrogens is 272 g/mol. The zero-order valence-electron chi connectivity index (χ0n) is 11.8. The summed E-state index contributed by atoms with van der Waals surface area (Å²) in [5, 5.41) is 13.4. The zero-order chi connectivity index (χ0) is 15.2. The molecule has 2 aromatic rings. The van der Waals surface area contributed by atoms with Crippen molar-refractivity contribution >= 4 is 22.8 Å². The number of rotatable bonds is 2. The van der Waals surface area contributed by atoms with Gasteiger partial charge >= 0.3 is 11.9 Å². The van der Waals surface area contributed by atoms with Gasteiger partial charge in [-0.25, -0.2) is 4.79 Å². The van der Waals surface area contributed by atoms with Crippen molar-refractivity contribution in [2.45, 2.75) is 24.9 Å². The van der Waals surface area contributed by atoms with Gasteiger partial charge in [-0.05, 0) is 18.6 Å². The molecular formula is C15H16N2O4. The van der Waals surface area contributed by atoms with Crippen LogP contribution >= 0.6 is 0 Å². The molecule has 2 unspecified atom stereocenters. The van der Waals surface area contributed by atoms with Crippen LogP contribution in [0.4, 0.5) is 0 Å². The van der Waals surface area contributed by atoms with Gasteiger partial charge in [-0.3, -0.25) is 10.1 Å². The van der Waals surface area contributed by atoms with E-state index in [9.17, 15) is 14.7 Å². The van der Waals surface area contributed by atoms with Gasteiger partial charge < -0.3 is 14.8 Å². The van der Waals surface area contributed by atoms with Gasteiger partial charge in [-0.2, -0.15) is 0 Å². The third kappa shape index (κ3) is 1.91. The Labute approximate surface area is 121 Å². The summed E-state index contributed by atoms with van der Waals surface area (Å²) in [6.07, 6.45) is 0.398. The largest absolute Gasteiger partial charge is 0.480 e. The zero-order valence-corrected chi connectivity index (χ0v) is 11.8. The smallest absolute Gasteiger partial charge is 0.329 e. The number of methoxy groups -OCH3 is 1. The second-order valence-corrected chi connectivity index (χ2v) is 5.38. The Bertz CT molecular complexity index is 736. The van der Waals surface area contributed by atoms with E-state index in [-0.39, 0.29) is 0 Å². The molecule has 0 saturated heterocycles. The number of H-pyrrole nitrogens is 1. The van der Waals surface area contributed by atoms with Crippen molar-refractivity contribution in [1.29, 1.82) is 0 Å². The van der Waals surface area contributed by atoms with Crippen molar-refractivity contribution in [3.8, 4) is 0 Å². The van der Waals surface area contributed by atoms with Gasteiger partial charge in [0.1, 0.15) is 6.04 Å². The van der Waals surface area contributed by atoms with Crippen molar-refractivity contribution < 1.29 is 19.4 Å². The molecule has 1 aliphatic rings. The van der Waals surface area contributed by atoms with E-state index in [2.05, 4.69) is 10.3 Å². The number of benzene rings is 1. The fourth-order valence-electron chi connectivity index (χ4n) is 2.97. The molecule has 2 heterocycles. The number of fused-ring (bicyclic) bond motifs is 3. The second kappa shape index (κ2) is 4.60. The first-order valence-corrected chi connectivity index (χ1v) is 6.66. The Morgan fingerprint density at radius 2 is 2.10 bits per heavy atom. The summed E-state index contributed by atoms with van der Waals surface area (Å²) < 4.78 is 4.76. The lowest BCUT2D eigenvalue weighted by Gasteiger charge is -2.35. The standard InChI is InChI=1S/C15H16N2O4/c1-15(14(19)20)12-9(7-11(17-15)13(18)21-2)8-5-3-4-6-10(8)16-12/h3-6,11,16-17H,7H2,1-2H3,(H,19,20). The Balaban J connectivity index is 2.22. The van der Waals surface area contributed by atoms with Crippen LogP contribution in [0.3, 0.4) is 0 Å². The molecule has 0 bridgehead atoms. The summed E-state index contributed by atoms with van der Waals surface area (Å²) in [4.78, 5) is 26.8. The van der Waals surface area contributed by atoms with E-state index >= 15 is 0 Å². The summed E-state index contributed by atoms with van der Waals surface area (Å²) in [6.45, 7) is 1.55. The predicted octanol–water partition coefficient (Wildman–Crippen LogP) is 1.15. The minimum atomic E-state index is -1.36. The van der Waals surface area contributed by atoms with E-state index in [0.717, 1.165) is 16.5 Å². The van der Waals surface area contributed by atoms with Crippen LogP contribution in [0, 0.1) is 0 Å². The number of carbonyl (C=O) groups excluding carboxylic acids is 1. The predicted molar refractivity (Wildman–Crippen MR) is 75.9 cm³/mol. The van der Waals surface area contributed by atoms with Gasteiger partial charge in [-0.15, -0.1) is 0 Å². The van der Waals surface area contributed by atoms with E-state index in [1.165, 1.54) is 7.11 Å². The Morgan fingerprint density at radius 1 is 1.38 bits per heavy atom. The molecule has 0 fully saturated rings. The van der Waals surface area contributed by atoms with Gasteiger partial charge in [0.2, 0.25) is 0 Å². The summed E-state index contributed by atoms with van der Waals surface area (Å²) in [6, 6.07) is 6.91. The number of carbonyl (C=O) groups is 2. The Morgan fingerprint density at radius 3 is 2.76 bits per heavy atom. The Kier molecular flexibility index (Phi) is 2.98. The normalized spacial score (nSPS) is 24.6. The molecule has 2 atom stereocenters. The van der Waals surface area contributed by atoms with E-state index in [1.54, 1.807) is 6.92 Å². The summed E-state index contributed by atoms with van der Waals surface area (Å²) in [7, 11) is 1.30. The maximum atomic E-state index is 11.9. The minimum absolute atomic E-state index is 0.398. The average Bonchev–Trinajstić information content (AvgIpc) is 2.86. The van der Waals surface area contributed by atoms with Gasteiger partial charge in [0.15, 0.2) is 5.54 Å². The second-order valence-electron chi connectivity index (χ2n) is 5.38. The first-order valence-electron chi connectivity index (χ1n) is 6.66. The average molecular weight is 288 g/mol. The highest BCUT2D eigenvalue weighted by Gasteiger charge is 2.46. The maximum absolute atomic E-state index is 11.9. The first-order chi connectivity index (χ1) is 9.97. The van der Waals surface area contributed by atoms with Crippen LogP contribution in [0.1, 0.15) is 18.2 Å². The van der Waals surface area contributed by atoms with E-state index in [0.29, 0.717) is 12.1 Å². The van der Waals surface area contributed by atoms with Crippen molar-refractivity contribution in [1.82, 2.24) is 10.3 Å². The van der Waals surface area contributed by atoms with Crippen molar-refractivity contribution in [3.05, 3.63) is 35.5 Å². The number of carboxylic acid groups (broad SMARTS) is 1. The molecule has 0 radical (unpaired) electrons. The third-order valence-electron chi connectivity index (χ3n) is 4.10. The molecule has 0 spiro atoms. The molecule has 0 aliphatic carbocycles. The molecule has 110 valence electrons. The van der Waals surface area contributed by atoms with Crippen LogP contribution in [-0.2, 0) is 26.3 Å². The van der Waals surface area contributed by atoms with E-state index in [1.807, 2.05) is 24.3 Å². The van der Waals surface area contributed by atoms with Crippen molar-refractivity contribution in [2.24, 2.45) is 0 Å². The molecule has 0 amide bonds. The topological polar surface area (TPSA) is 91.4 Å². The van der Waals surface area contributed by atoms with Crippen LogP contribution in [0.15, 0.2) is 24.3 Å². The van der Waals surface area contributed by atoms with Crippen LogP contribution in [0.5, 0.6) is 0 Å². The summed E-state index contributed by atoms with van der Waals surface area (Å²) in [5.41, 5.74) is 0.953. The number of carboxylic acids is 1. The lowest BCUT2D eigenvalue weighted by Crippen LogP contribution is -2.58. The van der Waals surface area contributed by atoms with Crippen molar-refractivity contribution in [2.75, 3.05) is 7.11 Å². The summed E-state index contributed by atoms with van der Waals surface area (Å²) in [5.74, 6) is -1.50. The highest BCUT2D eigenvalue weighted by atomic mass is 16.5. The molecule has 1 aromatic heterocycles. The minimum Gasteiger partial charge on any atom is -0.480 e. The lowest BCUT2D eigenvalue weighted by molar-refractivity contribution is -0.149. The van der Waals surface area contributed by atoms with Crippen molar-refractivity contribution in [3.63, 3.8) is 0 Å². The highest BCUT2D eigenvalue weighted by molar-refractivity contribution is 5.92.